The van der Waals surface area contributed by atoms with Gasteiger partial charge in [-0.25, -0.2) is 0 Å². The molecule has 1 N–H and O–H groups in total. The lowest BCUT2D eigenvalue weighted by Crippen LogP contribution is -2.28. The summed E-state index contributed by atoms with van der Waals surface area (Å²) in [4.78, 5) is 11.9. The molecule has 0 heterocycles. The summed E-state index contributed by atoms with van der Waals surface area (Å²) >= 11 is 0. The predicted molar refractivity (Wildman–Crippen MR) is 74.4 cm³/mol. The van der Waals surface area contributed by atoms with E-state index in [1.54, 1.807) is 33.8 Å². The average molecular weight is 285 g/mol. The lowest BCUT2D eigenvalue weighted by molar-refractivity contribution is -0.123. The summed E-state index contributed by atoms with van der Waals surface area (Å²) in [5, 5.41) is 2.53. The average Bonchev–Trinajstić information content (AvgIpc) is 2.27. The molecule has 0 aliphatic heterocycles. The monoisotopic (exact) mass is 285 g/mol. The van der Waals surface area contributed by atoms with Crippen molar-refractivity contribution in [2.24, 2.45) is 5.41 Å². The van der Waals surface area contributed by atoms with E-state index in [0.29, 0.717) is 5.56 Å². The van der Waals surface area contributed by atoms with E-state index in [4.69, 9.17) is 0 Å². The number of hydrogen-bond acceptors (Lipinski definition) is 1. The molecule has 0 saturated carbocycles. The Morgan fingerprint density at radius 2 is 1.75 bits per heavy atom. The lowest BCUT2D eigenvalue weighted by Gasteiger charge is -2.21. The second-order valence-corrected chi connectivity index (χ2v) is 5.73. The quantitative estimate of drug-likeness (QED) is 0.848. The largest absolute Gasteiger partial charge is 0.416 e. The minimum atomic E-state index is -4.53. The molecule has 0 atom stereocenters. The van der Waals surface area contributed by atoms with Crippen LogP contribution in [0.1, 0.15) is 31.9 Å². The third-order valence-corrected chi connectivity index (χ3v) is 2.77. The fourth-order valence-electron chi connectivity index (χ4n) is 1.48. The molecular formula is C15H18F3NO. The molecule has 110 valence electrons. The number of aryl methyl sites for hydroxylation is 1. The van der Waals surface area contributed by atoms with Crippen molar-refractivity contribution < 1.29 is 18.0 Å². The Bertz CT molecular complexity index is 539. The Labute approximate surface area is 116 Å². The minimum absolute atomic E-state index is 0.102. The number of halogens is 3. The van der Waals surface area contributed by atoms with Crippen molar-refractivity contribution in [3.63, 3.8) is 0 Å². The third-order valence-electron chi connectivity index (χ3n) is 2.77. The van der Waals surface area contributed by atoms with Crippen LogP contribution in [-0.4, -0.2) is 12.1 Å². The van der Waals surface area contributed by atoms with Gasteiger partial charge in [0.2, 0.25) is 5.91 Å². The first kappa shape index (κ1) is 16.3. The van der Waals surface area contributed by atoms with Crippen LogP contribution in [0.5, 0.6) is 0 Å². The second-order valence-electron chi connectivity index (χ2n) is 5.73. The van der Waals surface area contributed by atoms with E-state index in [1.807, 2.05) is 0 Å². The lowest BCUT2D eigenvalue weighted by atomic mass is 9.94. The Kier molecular flexibility index (Phi) is 4.32. The molecular weight excluding hydrogens is 267 g/mol. The van der Waals surface area contributed by atoms with Crippen LogP contribution in [0.25, 0.3) is 5.57 Å². The molecule has 0 saturated heterocycles. The standard InChI is InChI=1S/C15H18F3NO/c1-9-6-7-12(19-13(20)14(3,4)5)11(8-9)10(2)15(16,17)18/h6-8H,2H2,1,3-5H3,(H,19,20). The smallest absolute Gasteiger partial charge is 0.325 e. The summed E-state index contributed by atoms with van der Waals surface area (Å²) in [5.41, 5.74) is -0.973. The number of hydrogen-bond donors (Lipinski definition) is 1. The van der Waals surface area contributed by atoms with Crippen LogP contribution < -0.4 is 5.32 Å². The Balaban J connectivity index is 3.22. The van der Waals surface area contributed by atoms with Crippen molar-refractivity contribution >= 4 is 17.2 Å². The molecule has 0 unspecified atom stereocenters. The van der Waals surface area contributed by atoms with Gasteiger partial charge in [0.05, 0.1) is 5.57 Å². The van der Waals surface area contributed by atoms with Crippen LogP contribution in [0.2, 0.25) is 0 Å². The van der Waals surface area contributed by atoms with Gasteiger partial charge in [0.15, 0.2) is 0 Å². The summed E-state index contributed by atoms with van der Waals surface area (Å²) in [5.74, 6) is -0.349. The number of rotatable bonds is 2. The van der Waals surface area contributed by atoms with E-state index >= 15 is 0 Å². The predicted octanol–water partition coefficient (Wildman–Crippen LogP) is 4.56. The number of anilines is 1. The molecule has 0 aliphatic rings. The molecule has 1 aromatic rings. The zero-order chi connectivity index (χ0) is 15.7. The first-order valence-electron chi connectivity index (χ1n) is 6.11. The number of allylic oxidation sites excluding steroid dienone is 1. The van der Waals surface area contributed by atoms with Crippen LogP contribution in [-0.2, 0) is 4.79 Å². The zero-order valence-electron chi connectivity index (χ0n) is 12.0. The normalized spacial score (nSPS) is 12.2. The fraction of sp³-hybridized carbons (Fsp3) is 0.400. The van der Waals surface area contributed by atoms with E-state index in [0.717, 1.165) is 0 Å². The third kappa shape index (κ3) is 3.85. The van der Waals surface area contributed by atoms with Crippen molar-refractivity contribution in [1.29, 1.82) is 0 Å². The van der Waals surface area contributed by atoms with Gasteiger partial charge in [-0.15, -0.1) is 0 Å². The van der Waals surface area contributed by atoms with E-state index < -0.39 is 17.2 Å². The first-order valence-corrected chi connectivity index (χ1v) is 6.11. The Hall–Kier alpha value is -1.78. The maximum absolute atomic E-state index is 12.8. The topological polar surface area (TPSA) is 29.1 Å². The van der Waals surface area contributed by atoms with Gasteiger partial charge >= 0.3 is 6.18 Å². The van der Waals surface area contributed by atoms with Crippen molar-refractivity contribution in [2.45, 2.75) is 33.9 Å². The Morgan fingerprint density at radius 1 is 1.20 bits per heavy atom. The molecule has 0 spiro atoms. The number of nitrogens with one attached hydrogen (secondary N) is 1. The minimum Gasteiger partial charge on any atom is -0.325 e. The van der Waals surface area contributed by atoms with Gasteiger partial charge in [0, 0.05) is 16.7 Å². The van der Waals surface area contributed by atoms with Crippen molar-refractivity contribution in [3.05, 3.63) is 35.9 Å². The highest BCUT2D eigenvalue weighted by molar-refractivity contribution is 5.97. The molecule has 0 fully saturated rings. The molecule has 0 aromatic heterocycles. The summed E-state index contributed by atoms with van der Waals surface area (Å²) in [6.45, 7) is 9.84. The number of carbonyl (C=O) groups is 1. The fourth-order valence-corrected chi connectivity index (χ4v) is 1.48. The van der Waals surface area contributed by atoms with Crippen LogP contribution >= 0.6 is 0 Å². The summed E-state index contributed by atoms with van der Waals surface area (Å²) in [6, 6.07) is 4.48. The summed E-state index contributed by atoms with van der Waals surface area (Å²) in [7, 11) is 0. The molecule has 1 amide bonds. The van der Waals surface area contributed by atoms with Crippen molar-refractivity contribution in [2.75, 3.05) is 5.32 Å². The maximum Gasteiger partial charge on any atom is 0.416 e. The van der Waals surface area contributed by atoms with Gasteiger partial charge in [0.1, 0.15) is 0 Å². The molecule has 2 nitrogen and oxygen atoms in total. The number of carbonyl (C=O) groups excluding carboxylic acids is 1. The molecule has 0 bridgehead atoms. The summed E-state index contributed by atoms with van der Waals surface area (Å²) in [6.07, 6.45) is -4.53. The van der Waals surface area contributed by atoms with Gasteiger partial charge < -0.3 is 5.32 Å². The van der Waals surface area contributed by atoms with E-state index in [2.05, 4.69) is 11.9 Å². The van der Waals surface area contributed by atoms with Crippen LogP contribution in [0.15, 0.2) is 24.8 Å². The molecule has 0 aliphatic carbocycles. The van der Waals surface area contributed by atoms with Crippen molar-refractivity contribution in [3.8, 4) is 0 Å². The highest BCUT2D eigenvalue weighted by atomic mass is 19.4. The van der Waals surface area contributed by atoms with Crippen LogP contribution in [0.3, 0.4) is 0 Å². The maximum atomic E-state index is 12.8. The SMILES string of the molecule is C=C(c1cc(C)ccc1NC(=O)C(C)(C)C)C(F)(F)F. The van der Waals surface area contributed by atoms with Gasteiger partial charge in [0.25, 0.3) is 0 Å². The number of amides is 1. The highest BCUT2D eigenvalue weighted by Gasteiger charge is 2.34. The van der Waals surface area contributed by atoms with Gasteiger partial charge in [-0.05, 0) is 19.1 Å². The number of benzene rings is 1. The molecule has 5 heteroatoms. The first-order chi connectivity index (χ1) is 8.93. The van der Waals surface area contributed by atoms with Gasteiger partial charge in [-0.2, -0.15) is 13.2 Å². The van der Waals surface area contributed by atoms with Gasteiger partial charge in [-0.1, -0.05) is 39.0 Å². The van der Waals surface area contributed by atoms with Crippen LogP contribution in [0.4, 0.5) is 18.9 Å². The zero-order valence-corrected chi connectivity index (χ0v) is 12.0. The van der Waals surface area contributed by atoms with Gasteiger partial charge in [-0.3, -0.25) is 4.79 Å². The highest BCUT2D eigenvalue weighted by Crippen LogP contribution is 2.36. The number of alkyl halides is 3. The van der Waals surface area contributed by atoms with E-state index in [-0.39, 0.29) is 17.2 Å². The molecule has 20 heavy (non-hydrogen) atoms. The van der Waals surface area contributed by atoms with E-state index in [9.17, 15) is 18.0 Å². The Morgan fingerprint density at radius 3 is 2.20 bits per heavy atom. The molecule has 1 rings (SSSR count). The van der Waals surface area contributed by atoms with Crippen LogP contribution in [0, 0.1) is 12.3 Å². The van der Waals surface area contributed by atoms with Crippen molar-refractivity contribution in [1.82, 2.24) is 0 Å². The summed E-state index contributed by atoms with van der Waals surface area (Å²) < 4.78 is 38.4. The molecule has 1 aromatic carbocycles. The second kappa shape index (κ2) is 5.31. The molecule has 0 radical (unpaired) electrons. The van der Waals surface area contributed by atoms with E-state index in [1.165, 1.54) is 12.1 Å².